The minimum absolute atomic E-state index is 0.0314. The molecule has 2 aromatic carbocycles. The number of nitrogens with zero attached hydrogens (tertiary/aromatic N) is 2. The van der Waals surface area contributed by atoms with Gasteiger partial charge in [0, 0.05) is 36.0 Å². The third-order valence-corrected chi connectivity index (χ3v) is 4.21. The van der Waals surface area contributed by atoms with E-state index in [0.717, 1.165) is 12.5 Å². The highest BCUT2D eigenvalue weighted by Crippen LogP contribution is 2.27. The molecule has 1 N–H and O–H groups in total. The summed E-state index contributed by atoms with van der Waals surface area (Å²) in [6, 6.07) is 10.8. The number of anilines is 2. The number of nitro benzene ring substituents is 1. The van der Waals surface area contributed by atoms with Crippen LogP contribution in [0.2, 0.25) is 5.02 Å². The quantitative estimate of drug-likeness (QED) is 0.666. The predicted molar refractivity (Wildman–Crippen MR) is 94.1 cm³/mol. The van der Waals surface area contributed by atoms with Crippen molar-refractivity contribution in [2.45, 2.75) is 12.8 Å². The van der Waals surface area contributed by atoms with Gasteiger partial charge in [0.2, 0.25) is 5.91 Å². The third-order valence-electron chi connectivity index (χ3n) is 3.89. The molecule has 2 aromatic rings. The van der Waals surface area contributed by atoms with E-state index < -0.39 is 10.8 Å². The number of hydrogen-bond donors (Lipinski definition) is 1. The Labute approximate surface area is 148 Å². The molecule has 0 unspecified atom stereocenters. The number of carbonyl (C=O) groups excluding carboxylic acids is 2. The maximum absolute atomic E-state index is 12.3. The highest BCUT2D eigenvalue weighted by atomic mass is 35.5. The van der Waals surface area contributed by atoms with Gasteiger partial charge in [0.15, 0.2) is 0 Å². The topological polar surface area (TPSA) is 92.6 Å². The second-order valence-electron chi connectivity index (χ2n) is 5.58. The Balaban J connectivity index is 1.81. The fourth-order valence-corrected chi connectivity index (χ4v) is 2.86. The van der Waals surface area contributed by atoms with Crippen LogP contribution in [0.4, 0.5) is 17.1 Å². The summed E-state index contributed by atoms with van der Waals surface area (Å²) in [6.07, 6.45) is 1.33. The molecule has 0 saturated carbocycles. The van der Waals surface area contributed by atoms with Crippen molar-refractivity contribution in [3.05, 3.63) is 63.2 Å². The first-order chi connectivity index (χ1) is 12.0. The molecule has 1 aliphatic heterocycles. The Morgan fingerprint density at radius 2 is 2.04 bits per heavy atom. The molecule has 0 aliphatic carbocycles. The van der Waals surface area contributed by atoms with Crippen LogP contribution >= 0.6 is 11.6 Å². The summed E-state index contributed by atoms with van der Waals surface area (Å²) >= 11 is 5.75. The van der Waals surface area contributed by atoms with Crippen molar-refractivity contribution in [3.8, 4) is 0 Å². The lowest BCUT2D eigenvalue weighted by Crippen LogP contribution is -2.23. The fraction of sp³-hybridized carbons (Fsp3) is 0.176. The zero-order valence-corrected chi connectivity index (χ0v) is 13.8. The van der Waals surface area contributed by atoms with Crippen LogP contribution in [0.5, 0.6) is 0 Å². The number of carbonyl (C=O) groups is 2. The van der Waals surface area contributed by atoms with Gasteiger partial charge < -0.3 is 10.2 Å². The maximum atomic E-state index is 12.3. The largest absolute Gasteiger partial charge is 0.322 e. The van der Waals surface area contributed by atoms with Gasteiger partial charge in [0.1, 0.15) is 5.02 Å². The van der Waals surface area contributed by atoms with Crippen molar-refractivity contribution < 1.29 is 14.5 Å². The number of hydrogen-bond acceptors (Lipinski definition) is 4. The molecular formula is C17H14ClN3O4. The molecule has 25 heavy (non-hydrogen) atoms. The van der Waals surface area contributed by atoms with Gasteiger partial charge in [-0.15, -0.1) is 0 Å². The molecule has 1 fully saturated rings. The van der Waals surface area contributed by atoms with Gasteiger partial charge in [0.25, 0.3) is 11.6 Å². The van der Waals surface area contributed by atoms with Crippen LogP contribution in [0.3, 0.4) is 0 Å². The molecule has 0 spiro atoms. The number of halogens is 1. The smallest absolute Gasteiger partial charge is 0.288 e. The predicted octanol–water partition coefficient (Wildman–Crippen LogP) is 3.63. The van der Waals surface area contributed by atoms with Crippen molar-refractivity contribution >= 4 is 40.5 Å². The van der Waals surface area contributed by atoms with Crippen LogP contribution in [0.15, 0.2) is 42.5 Å². The second-order valence-corrected chi connectivity index (χ2v) is 5.98. The van der Waals surface area contributed by atoms with Crippen molar-refractivity contribution in [2.75, 3.05) is 16.8 Å². The van der Waals surface area contributed by atoms with E-state index in [4.69, 9.17) is 11.6 Å². The molecule has 0 bridgehead atoms. The van der Waals surface area contributed by atoms with Crippen LogP contribution in [-0.4, -0.2) is 23.3 Å². The zero-order valence-electron chi connectivity index (χ0n) is 13.1. The molecule has 1 heterocycles. The highest BCUT2D eigenvalue weighted by molar-refractivity contribution is 6.32. The average Bonchev–Trinajstić information content (AvgIpc) is 3.01. The van der Waals surface area contributed by atoms with Crippen LogP contribution in [0.25, 0.3) is 0 Å². The van der Waals surface area contributed by atoms with Crippen LogP contribution in [-0.2, 0) is 4.79 Å². The molecule has 0 atom stereocenters. The van der Waals surface area contributed by atoms with E-state index in [1.54, 1.807) is 29.2 Å². The molecule has 8 heteroatoms. The van der Waals surface area contributed by atoms with Crippen molar-refractivity contribution in [1.82, 2.24) is 0 Å². The lowest BCUT2D eigenvalue weighted by molar-refractivity contribution is -0.384. The van der Waals surface area contributed by atoms with Gasteiger partial charge in [0.05, 0.1) is 4.92 Å². The van der Waals surface area contributed by atoms with E-state index in [9.17, 15) is 19.7 Å². The number of nitrogens with one attached hydrogen (secondary N) is 1. The molecular weight excluding hydrogens is 346 g/mol. The van der Waals surface area contributed by atoms with Crippen molar-refractivity contribution in [2.24, 2.45) is 0 Å². The van der Waals surface area contributed by atoms with E-state index in [1.807, 2.05) is 0 Å². The van der Waals surface area contributed by atoms with Gasteiger partial charge in [-0.05, 0) is 36.8 Å². The van der Waals surface area contributed by atoms with Crippen LogP contribution in [0.1, 0.15) is 23.2 Å². The summed E-state index contributed by atoms with van der Waals surface area (Å²) in [6.45, 7) is 0.652. The van der Waals surface area contributed by atoms with E-state index in [2.05, 4.69) is 5.32 Å². The molecule has 0 aromatic heterocycles. The van der Waals surface area contributed by atoms with Gasteiger partial charge in [-0.3, -0.25) is 19.7 Å². The first-order valence-electron chi connectivity index (χ1n) is 7.61. The zero-order chi connectivity index (χ0) is 18.0. The first kappa shape index (κ1) is 16.9. The third kappa shape index (κ3) is 3.61. The summed E-state index contributed by atoms with van der Waals surface area (Å²) < 4.78 is 0. The first-order valence-corrected chi connectivity index (χ1v) is 7.99. The summed E-state index contributed by atoms with van der Waals surface area (Å²) in [5.74, 6) is -0.443. The second kappa shape index (κ2) is 6.90. The van der Waals surface area contributed by atoms with Crippen molar-refractivity contribution in [1.29, 1.82) is 0 Å². The highest BCUT2D eigenvalue weighted by Gasteiger charge is 2.22. The van der Waals surface area contributed by atoms with Gasteiger partial charge in [-0.25, -0.2) is 0 Å². The summed E-state index contributed by atoms with van der Waals surface area (Å²) in [7, 11) is 0. The molecule has 2 amide bonds. The van der Waals surface area contributed by atoms with E-state index in [1.165, 1.54) is 12.1 Å². The van der Waals surface area contributed by atoms with E-state index in [0.29, 0.717) is 24.3 Å². The summed E-state index contributed by atoms with van der Waals surface area (Å²) in [5, 5.41) is 13.6. The number of nitro groups is 1. The van der Waals surface area contributed by atoms with Crippen molar-refractivity contribution in [3.63, 3.8) is 0 Å². The Kier molecular flexibility index (Phi) is 4.67. The van der Waals surface area contributed by atoms with E-state index in [-0.39, 0.29) is 22.2 Å². The Morgan fingerprint density at radius 1 is 1.24 bits per heavy atom. The summed E-state index contributed by atoms with van der Waals surface area (Å²) in [4.78, 5) is 36.1. The molecule has 1 aliphatic rings. The lowest BCUT2D eigenvalue weighted by Gasteiger charge is -2.16. The maximum Gasteiger partial charge on any atom is 0.288 e. The Bertz CT molecular complexity index is 869. The Hall–Kier alpha value is -2.93. The molecule has 3 rings (SSSR count). The molecule has 128 valence electrons. The SMILES string of the molecule is O=C(Nc1cccc(N2CCCC2=O)c1)c1ccc(Cl)c([N+](=O)[O-])c1. The van der Waals surface area contributed by atoms with Gasteiger partial charge >= 0.3 is 0 Å². The van der Waals surface area contributed by atoms with Gasteiger partial charge in [-0.1, -0.05) is 17.7 Å². The summed E-state index contributed by atoms with van der Waals surface area (Å²) in [5.41, 5.74) is 1.01. The van der Waals surface area contributed by atoms with Crippen LogP contribution in [0, 0.1) is 10.1 Å². The average molecular weight is 360 g/mol. The number of benzene rings is 2. The van der Waals surface area contributed by atoms with Crippen LogP contribution < -0.4 is 10.2 Å². The molecule has 0 radical (unpaired) electrons. The van der Waals surface area contributed by atoms with Gasteiger partial charge in [-0.2, -0.15) is 0 Å². The number of amides is 2. The minimum Gasteiger partial charge on any atom is -0.322 e. The standard InChI is InChI=1S/C17H14ClN3O4/c18-14-7-6-11(9-15(14)21(24)25)17(23)19-12-3-1-4-13(10-12)20-8-2-5-16(20)22/h1,3-4,6-7,9-10H,2,5,8H2,(H,19,23). The monoisotopic (exact) mass is 359 g/mol. The fourth-order valence-electron chi connectivity index (χ4n) is 2.67. The lowest BCUT2D eigenvalue weighted by atomic mass is 10.1. The molecule has 7 nitrogen and oxygen atoms in total. The number of rotatable bonds is 4. The minimum atomic E-state index is -0.640. The Morgan fingerprint density at radius 3 is 2.72 bits per heavy atom. The normalized spacial score (nSPS) is 13.8. The van der Waals surface area contributed by atoms with E-state index >= 15 is 0 Å². The molecule has 1 saturated heterocycles.